The molecule has 4 rings (SSSR count). The first-order valence-corrected chi connectivity index (χ1v) is 9.86. The molecule has 0 bridgehead atoms. The van der Waals surface area contributed by atoms with E-state index in [1.54, 1.807) is 0 Å². The summed E-state index contributed by atoms with van der Waals surface area (Å²) in [6, 6.07) is 19.6. The number of halogens is 1. The van der Waals surface area contributed by atoms with Crippen molar-refractivity contribution in [2.24, 2.45) is 5.92 Å². The first kappa shape index (κ1) is 19.3. The Balaban J connectivity index is 0.00000196. The van der Waals surface area contributed by atoms with Crippen molar-refractivity contribution < 1.29 is 4.74 Å². The fraction of sp³-hybridized carbons (Fsp3) is 0.478. The maximum atomic E-state index is 5.80. The Morgan fingerprint density at radius 3 is 2.42 bits per heavy atom. The first-order valence-electron chi connectivity index (χ1n) is 9.86. The van der Waals surface area contributed by atoms with Gasteiger partial charge in [-0.2, -0.15) is 0 Å². The number of ether oxygens (including phenoxy) is 1. The molecule has 0 amide bonds. The first-order chi connectivity index (χ1) is 12.4. The summed E-state index contributed by atoms with van der Waals surface area (Å²) in [6.45, 7) is 4.64. The van der Waals surface area contributed by atoms with Gasteiger partial charge < -0.3 is 9.64 Å². The number of nitrogens with zero attached hydrogens (tertiary/aromatic N) is 1. The molecule has 0 saturated carbocycles. The topological polar surface area (TPSA) is 12.5 Å². The molecule has 2 heterocycles. The van der Waals surface area contributed by atoms with Crippen molar-refractivity contribution >= 4 is 12.4 Å². The van der Waals surface area contributed by atoms with Crippen LogP contribution in [0.4, 0.5) is 0 Å². The van der Waals surface area contributed by atoms with Crippen LogP contribution < -0.4 is 4.74 Å². The third-order valence-corrected chi connectivity index (χ3v) is 5.95. The lowest BCUT2D eigenvalue weighted by Gasteiger charge is -2.34. The van der Waals surface area contributed by atoms with Gasteiger partial charge in [0, 0.05) is 0 Å². The largest absolute Gasteiger partial charge is 0.493 e. The van der Waals surface area contributed by atoms with Crippen LogP contribution in [0.1, 0.15) is 42.7 Å². The summed E-state index contributed by atoms with van der Waals surface area (Å²) in [7, 11) is 0. The van der Waals surface area contributed by atoms with Crippen LogP contribution in [-0.2, 0) is 6.42 Å². The fourth-order valence-corrected chi connectivity index (χ4v) is 4.42. The zero-order valence-electron chi connectivity index (χ0n) is 15.5. The number of hydrogen-bond acceptors (Lipinski definition) is 2. The van der Waals surface area contributed by atoms with E-state index in [9.17, 15) is 0 Å². The number of fused-ring (bicyclic) bond motifs is 1. The van der Waals surface area contributed by atoms with Gasteiger partial charge in [-0.25, -0.2) is 0 Å². The SMILES string of the molecule is Cl.c1ccc(CC2CCN(CCC3CCOc4ccccc43)CC2)cc1. The summed E-state index contributed by atoms with van der Waals surface area (Å²) in [5.41, 5.74) is 2.92. The summed E-state index contributed by atoms with van der Waals surface area (Å²) in [5.74, 6) is 2.65. The third-order valence-electron chi connectivity index (χ3n) is 5.95. The van der Waals surface area contributed by atoms with Crippen LogP contribution in [0.15, 0.2) is 54.6 Å². The second-order valence-electron chi connectivity index (χ2n) is 7.64. The van der Waals surface area contributed by atoms with Crippen LogP contribution in [0.25, 0.3) is 0 Å². The molecule has 0 aliphatic carbocycles. The van der Waals surface area contributed by atoms with Gasteiger partial charge in [0.05, 0.1) is 6.61 Å². The Bertz CT molecular complexity index is 667. The Morgan fingerprint density at radius 1 is 0.885 bits per heavy atom. The fourth-order valence-electron chi connectivity index (χ4n) is 4.42. The highest BCUT2D eigenvalue weighted by molar-refractivity contribution is 5.85. The molecule has 3 heteroatoms. The van der Waals surface area contributed by atoms with Crippen molar-refractivity contribution in [2.75, 3.05) is 26.2 Å². The monoisotopic (exact) mass is 371 g/mol. The van der Waals surface area contributed by atoms with Gasteiger partial charge in [0.2, 0.25) is 0 Å². The van der Waals surface area contributed by atoms with E-state index in [0.717, 1.165) is 18.3 Å². The van der Waals surface area contributed by atoms with Crippen LogP contribution in [0.5, 0.6) is 5.75 Å². The second kappa shape index (κ2) is 9.43. The number of benzene rings is 2. The maximum Gasteiger partial charge on any atom is 0.122 e. The predicted molar refractivity (Wildman–Crippen MR) is 110 cm³/mol. The smallest absolute Gasteiger partial charge is 0.122 e. The number of para-hydroxylation sites is 1. The molecule has 26 heavy (non-hydrogen) atoms. The predicted octanol–water partition coefficient (Wildman–Crippen LogP) is 5.32. The molecule has 1 fully saturated rings. The zero-order valence-corrected chi connectivity index (χ0v) is 16.3. The molecule has 2 aliphatic heterocycles. The van der Waals surface area contributed by atoms with E-state index >= 15 is 0 Å². The molecule has 0 spiro atoms. The normalized spacial score (nSPS) is 20.7. The molecule has 2 aromatic rings. The van der Waals surface area contributed by atoms with Gasteiger partial charge in [0.25, 0.3) is 0 Å². The van der Waals surface area contributed by atoms with Crippen molar-refractivity contribution in [3.63, 3.8) is 0 Å². The van der Waals surface area contributed by atoms with Crippen molar-refractivity contribution in [1.29, 1.82) is 0 Å². The average Bonchev–Trinajstić information content (AvgIpc) is 2.68. The van der Waals surface area contributed by atoms with E-state index in [1.165, 1.54) is 62.9 Å². The number of rotatable bonds is 5. The molecule has 1 saturated heterocycles. The van der Waals surface area contributed by atoms with Crippen molar-refractivity contribution in [1.82, 2.24) is 4.90 Å². The minimum Gasteiger partial charge on any atom is -0.493 e. The van der Waals surface area contributed by atoms with Crippen LogP contribution in [0.3, 0.4) is 0 Å². The van der Waals surface area contributed by atoms with E-state index in [2.05, 4.69) is 59.5 Å². The summed E-state index contributed by atoms with van der Waals surface area (Å²) < 4.78 is 5.80. The molecular formula is C23H30ClNO. The van der Waals surface area contributed by atoms with E-state index in [1.807, 2.05) is 0 Å². The van der Waals surface area contributed by atoms with E-state index in [-0.39, 0.29) is 12.4 Å². The average molecular weight is 372 g/mol. The zero-order chi connectivity index (χ0) is 16.9. The number of piperidine rings is 1. The Hall–Kier alpha value is -1.51. The van der Waals surface area contributed by atoms with Gasteiger partial charge in [0.1, 0.15) is 5.75 Å². The molecule has 2 aromatic carbocycles. The summed E-state index contributed by atoms with van der Waals surface area (Å²) in [4.78, 5) is 2.68. The van der Waals surface area contributed by atoms with Crippen LogP contribution in [-0.4, -0.2) is 31.1 Å². The minimum atomic E-state index is 0. The van der Waals surface area contributed by atoms with Gasteiger partial charge >= 0.3 is 0 Å². The van der Waals surface area contributed by atoms with Crippen LogP contribution in [0, 0.1) is 5.92 Å². The summed E-state index contributed by atoms with van der Waals surface area (Å²) in [5, 5.41) is 0. The molecule has 0 radical (unpaired) electrons. The van der Waals surface area contributed by atoms with E-state index in [4.69, 9.17) is 4.74 Å². The number of likely N-dealkylation sites (tertiary alicyclic amines) is 1. The minimum absolute atomic E-state index is 0. The van der Waals surface area contributed by atoms with Gasteiger partial charge in [-0.05, 0) is 80.8 Å². The number of hydrogen-bond donors (Lipinski definition) is 0. The summed E-state index contributed by atoms with van der Waals surface area (Å²) >= 11 is 0. The summed E-state index contributed by atoms with van der Waals surface area (Å²) in [6.07, 6.45) is 6.38. The van der Waals surface area contributed by atoms with Crippen molar-refractivity contribution in [3.8, 4) is 5.75 Å². The van der Waals surface area contributed by atoms with E-state index < -0.39 is 0 Å². The molecule has 0 aromatic heterocycles. The molecule has 1 unspecified atom stereocenters. The lowest BCUT2D eigenvalue weighted by Crippen LogP contribution is -2.35. The molecule has 1 atom stereocenters. The van der Waals surface area contributed by atoms with Gasteiger partial charge in [-0.3, -0.25) is 0 Å². The van der Waals surface area contributed by atoms with Crippen LogP contribution >= 0.6 is 12.4 Å². The Kier molecular flexibility index (Phi) is 6.99. The lowest BCUT2D eigenvalue weighted by atomic mass is 9.88. The highest BCUT2D eigenvalue weighted by Crippen LogP contribution is 2.35. The quantitative estimate of drug-likeness (QED) is 0.705. The molecule has 2 aliphatic rings. The Morgan fingerprint density at radius 2 is 1.62 bits per heavy atom. The molecule has 2 nitrogen and oxygen atoms in total. The third kappa shape index (κ3) is 4.81. The van der Waals surface area contributed by atoms with E-state index in [0.29, 0.717) is 5.92 Å². The highest BCUT2D eigenvalue weighted by Gasteiger charge is 2.23. The standard InChI is InChI=1S/C23H29NO.ClH/c1-2-6-19(7-3-1)18-20-10-14-24(15-11-20)16-12-21-13-17-25-23-9-5-4-8-22(21)23;/h1-9,20-21H,10-18H2;1H. The highest BCUT2D eigenvalue weighted by atomic mass is 35.5. The van der Waals surface area contributed by atoms with Crippen molar-refractivity contribution in [2.45, 2.75) is 38.0 Å². The van der Waals surface area contributed by atoms with Gasteiger partial charge in [-0.1, -0.05) is 48.5 Å². The molecule has 0 N–H and O–H groups in total. The van der Waals surface area contributed by atoms with Gasteiger partial charge in [-0.15, -0.1) is 12.4 Å². The second-order valence-corrected chi connectivity index (χ2v) is 7.64. The van der Waals surface area contributed by atoms with Crippen LogP contribution in [0.2, 0.25) is 0 Å². The lowest BCUT2D eigenvalue weighted by molar-refractivity contribution is 0.172. The molecule has 140 valence electrons. The van der Waals surface area contributed by atoms with Crippen molar-refractivity contribution in [3.05, 3.63) is 65.7 Å². The Labute approximate surface area is 164 Å². The van der Waals surface area contributed by atoms with Gasteiger partial charge in [0.15, 0.2) is 0 Å². The maximum absolute atomic E-state index is 5.80. The molecular weight excluding hydrogens is 342 g/mol.